The van der Waals surface area contributed by atoms with E-state index in [1.165, 1.54) is 12.1 Å². The van der Waals surface area contributed by atoms with Crippen LogP contribution < -0.4 is 5.43 Å². The Hall–Kier alpha value is -2.14. The van der Waals surface area contributed by atoms with Crippen LogP contribution in [0.25, 0.3) is 16.7 Å². The molecule has 128 valence electrons. The minimum absolute atomic E-state index is 0.147. The van der Waals surface area contributed by atoms with Gasteiger partial charge in [0.25, 0.3) is 0 Å². The summed E-state index contributed by atoms with van der Waals surface area (Å²) in [5, 5.41) is 0.323. The lowest BCUT2D eigenvalue weighted by Crippen LogP contribution is -2.21. The number of fused-ring (bicyclic) bond motifs is 1. The fourth-order valence-corrected chi connectivity index (χ4v) is 3.32. The van der Waals surface area contributed by atoms with Crippen molar-refractivity contribution in [2.24, 2.45) is 0 Å². The van der Waals surface area contributed by atoms with Crippen LogP contribution in [-0.4, -0.2) is 24.8 Å². The van der Waals surface area contributed by atoms with Crippen LogP contribution in [0.2, 0.25) is 0 Å². The van der Waals surface area contributed by atoms with E-state index in [1.54, 1.807) is 6.92 Å². The summed E-state index contributed by atoms with van der Waals surface area (Å²) in [6, 6.07) is 2.62. The first-order valence-corrected chi connectivity index (χ1v) is 8.28. The maximum Gasteiger partial charge on any atom is 0.192 e. The number of aromatic nitrogens is 1. The highest BCUT2D eigenvalue weighted by Crippen LogP contribution is 2.29. The van der Waals surface area contributed by atoms with Gasteiger partial charge < -0.3 is 14.5 Å². The lowest BCUT2D eigenvalue weighted by atomic mass is 9.93. The van der Waals surface area contributed by atoms with E-state index in [4.69, 9.17) is 9.47 Å². The third-order valence-electron chi connectivity index (χ3n) is 4.54. The number of hydrogen-bond acceptors (Lipinski definition) is 3. The lowest BCUT2D eigenvalue weighted by molar-refractivity contribution is 0.0792. The monoisotopic (exact) mass is 331 g/mol. The van der Waals surface area contributed by atoms with Gasteiger partial charge in [-0.05, 0) is 38.8 Å². The molecule has 1 atom stereocenters. The average Bonchev–Trinajstić information content (AvgIpc) is 2.59. The molecule has 3 rings (SSSR count). The lowest BCUT2D eigenvalue weighted by Gasteiger charge is -2.24. The van der Waals surface area contributed by atoms with Gasteiger partial charge in [0.1, 0.15) is 11.6 Å². The van der Waals surface area contributed by atoms with Crippen molar-refractivity contribution in [2.45, 2.75) is 32.6 Å². The van der Waals surface area contributed by atoms with Crippen molar-refractivity contribution in [3.8, 4) is 0 Å². The van der Waals surface area contributed by atoms with Crippen molar-refractivity contribution < 1.29 is 13.9 Å². The number of ether oxygens (including phenoxy) is 2. The van der Waals surface area contributed by atoms with Crippen LogP contribution in [0, 0.1) is 12.7 Å². The van der Waals surface area contributed by atoms with E-state index in [1.807, 2.05) is 6.92 Å². The molecule has 2 aromatic rings. The molecule has 0 radical (unpaired) electrons. The van der Waals surface area contributed by atoms with Gasteiger partial charge in [-0.2, -0.15) is 0 Å². The molecule has 2 heterocycles. The van der Waals surface area contributed by atoms with Gasteiger partial charge >= 0.3 is 0 Å². The number of aromatic amines is 1. The van der Waals surface area contributed by atoms with E-state index in [0.717, 1.165) is 25.1 Å². The molecule has 1 aliphatic rings. The zero-order valence-electron chi connectivity index (χ0n) is 14.1. The normalized spacial score (nSPS) is 17.9. The quantitative estimate of drug-likeness (QED) is 0.865. The SMILES string of the molecule is C=C(OCC)c1cc(F)cc2c(=O)c(C)c(C3CCCOC3)[nH]c12. The van der Waals surface area contributed by atoms with Gasteiger partial charge in [0.15, 0.2) is 5.43 Å². The highest BCUT2D eigenvalue weighted by molar-refractivity contribution is 5.89. The molecule has 1 fully saturated rings. The fourth-order valence-electron chi connectivity index (χ4n) is 3.32. The number of rotatable bonds is 4. The Kier molecular flexibility index (Phi) is 4.71. The summed E-state index contributed by atoms with van der Waals surface area (Å²) < 4.78 is 25.0. The fraction of sp³-hybridized carbons (Fsp3) is 0.421. The molecule has 0 amide bonds. The molecular formula is C19H22FNO3. The zero-order valence-corrected chi connectivity index (χ0v) is 14.1. The van der Waals surface area contributed by atoms with Crippen molar-refractivity contribution in [3.63, 3.8) is 0 Å². The number of nitrogens with one attached hydrogen (secondary N) is 1. The summed E-state index contributed by atoms with van der Waals surface area (Å²) in [7, 11) is 0. The minimum Gasteiger partial charge on any atom is -0.494 e. The summed E-state index contributed by atoms with van der Waals surface area (Å²) in [5.41, 5.74) is 2.39. The molecule has 0 bridgehead atoms. The Bertz CT molecular complexity index is 835. The molecule has 4 nitrogen and oxygen atoms in total. The number of benzene rings is 1. The van der Waals surface area contributed by atoms with Gasteiger partial charge in [-0.1, -0.05) is 6.58 Å². The van der Waals surface area contributed by atoms with Gasteiger partial charge in [-0.25, -0.2) is 4.39 Å². The van der Waals surface area contributed by atoms with Crippen LogP contribution in [0.15, 0.2) is 23.5 Å². The predicted molar refractivity (Wildman–Crippen MR) is 92.7 cm³/mol. The van der Waals surface area contributed by atoms with E-state index < -0.39 is 5.82 Å². The van der Waals surface area contributed by atoms with Crippen molar-refractivity contribution >= 4 is 16.7 Å². The molecule has 0 spiro atoms. The first-order valence-electron chi connectivity index (χ1n) is 8.28. The number of pyridine rings is 1. The molecule has 1 N–H and O–H groups in total. The summed E-state index contributed by atoms with van der Waals surface area (Å²) in [5.74, 6) is 0.0264. The van der Waals surface area contributed by atoms with Crippen LogP contribution in [-0.2, 0) is 9.47 Å². The first kappa shape index (κ1) is 16.7. The van der Waals surface area contributed by atoms with E-state index in [2.05, 4.69) is 11.6 Å². The second kappa shape index (κ2) is 6.77. The van der Waals surface area contributed by atoms with Crippen molar-refractivity contribution in [3.05, 3.63) is 51.6 Å². The summed E-state index contributed by atoms with van der Waals surface area (Å²) in [6.07, 6.45) is 1.93. The molecule has 5 heteroatoms. The Balaban J connectivity index is 2.24. The van der Waals surface area contributed by atoms with Crippen LogP contribution in [0.3, 0.4) is 0 Å². The Morgan fingerprint density at radius 1 is 1.50 bits per heavy atom. The summed E-state index contributed by atoms with van der Waals surface area (Å²) in [4.78, 5) is 16.1. The topological polar surface area (TPSA) is 51.3 Å². The van der Waals surface area contributed by atoms with E-state index in [0.29, 0.717) is 41.0 Å². The Morgan fingerprint density at radius 2 is 2.29 bits per heavy atom. The van der Waals surface area contributed by atoms with Gasteiger partial charge in [-0.3, -0.25) is 4.79 Å². The number of hydrogen-bond donors (Lipinski definition) is 1. The molecule has 1 aliphatic heterocycles. The molecule has 24 heavy (non-hydrogen) atoms. The van der Waals surface area contributed by atoms with Gasteiger partial charge in [-0.15, -0.1) is 0 Å². The smallest absolute Gasteiger partial charge is 0.192 e. The van der Waals surface area contributed by atoms with Crippen LogP contribution >= 0.6 is 0 Å². The van der Waals surface area contributed by atoms with E-state index in [9.17, 15) is 9.18 Å². The van der Waals surface area contributed by atoms with E-state index in [-0.39, 0.29) is 11.3 Å². The maximum absolute atomic E-state index is 14.0. The second-order valence-electron chi connectivity index (χ2n) is 6.14. The number of H-pyrrole nitrogens is 1. The van der Waals surface area contributed by atoms with Gasteiger partial charge in [0, 0.05) is 34.7 Å². The van der Waals surface area contributed by atoms with E-state index >= 15 is 0 Å². The number of halogens is 1. The zero-order chi connectivity index (χ0) is 17.3. The van der Waals surface area contributed by atoms with Crippen LogP contribution in [0.1, 0.15) is 42.5 Å². The van der Waals surface area contributed by atoms with Crippen molar-refractivity contribution in [1.29, 1.82) is 0 Å². The minimum atomic E-state index is -0.475. The maximum atomic E-state index is 14.0. The van der Waals surface area contributed by atoms with Crippen molar-refractivity contribution in [1.82, 2.24) is 4.98 Å². The molecule has 1 saturated heterocycles. The predicted octanol–water partition coefficient (Wildman–Crippen LogP) is 3.88. The van der Waals surface area contributed by atoms with Crippen LogP contribution in [0.5, 0.6) is 0 Å². The Labute approximate surface area is 140 Å². The largest absolute Gasteiger partial charge is 0.494 e. The van der Waals surface area contributed by atoms with Crippen LogP contribution in [0.4, 0.5) is 4.39 Å². The molecule has 1 unspecified atom stereocenters. The molecular weight excluding hydrogens is 309 g/mol. The molecule has 1 aromatic carbocycles. The molecule has 0 aliphatic carbocycles. The standard InChI is InChI=1S/C19H22FNO3/c1-4-24-12(3)15-8-14(20)9-16-18(15)21-17(11(2)19(16)22)13-6-5-7-23-10-13/h8-9,13H,3-7,10H2,1-2H3,(H,21,22). The molecule has 0 saturated carbocycles. The first-order chi connectivity index (χ1) is 11.5. The summed E-state index contributed by atoms with van der Waals surface area (Å²) >= 11 is 0. The third-order valence-corrected chi connectivity index (χ3v) is 4.54. The summed E-state index contributed by atoms with van der Waals surface area (Å²) in [6.45, 7) is 9.25. The van der Waals surface area contributed by atoms with Crippen molar-refractivity contribution in [2.75, 3.05) is 19.8 Å². The Morgan fingerprint density at radius 3 is 2.96 bits per heavy atom. The average molecular weight is 331 g/mol. The van der Waals surface area contributed by atoms with Gasteiger partial charge in [0.05, 0.1) is 18.7 Å². The highest BCUT2D eigenvalue weighted by atomic mass is 19.1. The second-order valence-corrected chi connectivity index (χ2v) is 6.14. The highest BCUT2D eigenvalue weighted by Gasteiger charge is 2.22. The molecule has 1 aromatic heterocycles. The van der Waals surface area contributed by atoms with Gasteiger partial charge in [0.2, 0.25) is 0 Å². The third kappa shape index (κ3) is 2.96.